The van der Waals surface area contributed by atoms with Gasteiger partial charge in [0.25, 0.3) is 0 Å². The highest BCUT2D eigenvalue weighted by Crippen LogP contribution is 2.40. The Morgan fingerprint density at radius 3 is 2.53 bits per heavy atom. The SMILES string of the molecule is O=C1C=CC2(C=C1)OC(=O)c1ccc(F)cc12. The fourth-order valence-electron chi connectivity index (χ4n) is 2.05. The van der Waals surface area contributed by atoms with Gasteiger partial charge in [0.15, 0.2) is 11.4 Å². The van der Waals surface area contributed by atoms with Crippen molar-refractivity contribution < 1.29 is 18.7 Å². The average molecular weight is 230 g/mol. The van der Waals surface area contributed by atoms with Gasteiger partial charge in [-0.15, -0.1) is 0 Å². The first-order chi connectivity index (χ1) is 8.11. The summed E-state index contributed by atoms with van der Waals surface area (Å²) in [6, 6.07) is 3.85. The van der Waals surface area contributed by atoms with Gasteiger partial charge in [0.05, 0.1) is 5.56 Å². The number of halogens is 1. The largest absolute Gasteiger partial charge is 0.442 e. The topological polar surface area (TPSA) is 43.4 Å². The standard InChI is InChI=1S/C13H7FO3/c14-8-1-2-10-11(7-8)13(17-12(10)16)5-3-9(15)4-6-13/h1-7H. The van der Waals surface area contributed by atoms with E-state index in [1.807, 2.05) is 0 Å². The van der Waals surface area contributed by atoms with Crippen LogP contribution in [0.1, 0.15) is 15.9 Å². The summed E-state index contributed by atoms with van der Waals surface area (Å²) in [6.45, 7) is 0. The van der Waals surface area contributed by atoms with Gasteiger partial charge in [-0.2, -0.15) is 0 Å². The Hall–Kier alpha value is -2.23. The lowest BCUT2D eigenvalue weighted by atomic mass is 9.88. The van der Waals surface area contributed by atoms with Gasteiger partial charge >= 0.3 is 5.97 Å². The molecule has 0 fully saturated rings. The van der Waals surface area contributed by atoms with Crippen LogP contribution in [0.4, 0.5) is 4.39 Å². The van der Waals surface area contributed by atoms with Crippen LogP contribution in [0.2, 0.25) is 0 Å². The minimum atomic E-state index is -1.12. The fourth-order valence-corrected chi connectivity index (χ4v) is 2.05. The molecule has 0 amide bonds. The lowest BCUT2D eigenvalue weighted by molar-refractivity contribution is -0.110. The van der Waals surface area contributed by atoms with E-state index in [1.165, 1.54) is 42.5 Å². The number of carbonyl (C=O) groups is 2. The van der Waals surface area contributed by atoms with E-state index < -0.39 is 17.4 Å². The first kappa shape index (κ1) is 9.96. The van der Waals surface area contributed by atoms with Gasteiger partial charge in [-0.3, -0.25) is 4.79 Å². The summed E-state index contributed by atoms with van der Waals surface area (Å²) in [7, 11) is 0. The molecule has 1 aromatic rings. The van der Waals surface area contributed by atoms with E-state index in [-0.39, 0.29) is 5.78 Å². The van der Waals surface area contributed by atoms with Crippen LogP contribution in [0.5, 0.6) is 0 Å². The molecule has 0 N–H and O–H groups in total. The Morgan fingerprint density at radius 2 is 1.82 bits per heavy atom. The van der Waals surface area contributed by atoms with Crippen molar-refractivity contribution in [3.05, 3.63) is 59.4 Å². The number of hydrogen-bond donors (Lipinski definition) is 0. The molecule has 1 heterocycles. The molecule has 3 rings (SSSR count). The molecule has 0 saturated carbocycles. The van der Waals surface area contributed by atoms with Crippen molar-refractivity contribution >= 4 is 11.8 Å². The Bertz CT molecular complexity index is 583. The van der Waals surface area contributed by atoms with E-state index >= 15 is 0 Å². The predicted octanol–water partition coefficient (Wildman–Crippen LogP) is 1.89. The Kier molecular flexibility index (Phi) is 1.84. The molecular formula is C13H7FO3. The van der Waals surface area contributed by atoms with Crippen molar-refractivity contribution in [3.63, 3.8) is 0 Å². The molecule has 0 unspecified atom stereocenters. The Labute approximate surface area is 96.2 Å². The summed E-state index contributed by atoms with van der Waals surface area (Å²) >= 11 is 0. The van der Waals surface area contributed by atoms with Gasteiger partial charge in [0.1, 0.15) is 5.82 Å². The summed E-state index contributed by atoms with van der Waals surface area (Å²) in [5.41, 5.74) is -0.361. The van der Waals surface area contributed by atoms with Crippen molar-refractivity contribution in [2.75, 3.05) is 0 Å². The fraction of sp³-hybridized carbons (Fsp3) is 0.0769. The second-order valence-corrected chi connectivity index (χ2v) is 3.94. The molecule has 0 atom stereocenters. The highest BCUT2D eigenvalue weighted by molar-refractivity contribution is 6.02. The molecular weight excluding hydrogens is 223 g/mol. The third-order valence-electron chi connectivity index (χ3n) is 2.87. The zero-order chi connectivity index (χ0) is 12.0. The molecule has 2 aliphatic rings. The number of ketones is 1. The average Bonchev–Trinajstić information content (AvgIpc) is 2.57. The first-order valence-electron chi connectivity index (χ1n) is 5.06. The summed E-state index contributed by atoms with van der Waals surface area (Å²) in [5.74, 6) is -1.14. The number of esters is 1. The van der Waals surface area contributed by atoms with E-state index in [9.17, 15) is 14.0 Å². The van der Waals surface area contributed by atoms with E-state index in [2.05, 4.69) is 0 Å². The van der Waals surface area contributed by atoms with Gasteiger partial charge in [0.2, 0.25) is 0 Å². The van der Waals surface area contributed by atoms with Crippen LogP contribution in [0.3, 0.4) is 0 Å². The van der Waals surface area contributed by atoms with Gasteiger partial charge in [0, 0.05) is 5.56 Å². The summed E-state index contributed by atoms with van der Waals surface area (Å²) in [5, 5.41) is 0. The van der Waals surface area contributed by atoms with Crippen LogP contribution in [0.25, 0.3) is 0 Å². The minimum Gasteiger partial charge on any atom is -0.442 e. The number of carbonyl (C=O) groups excluding carboxylic acids is 2. The normalized spacial score (nSPS) is 19.6. The Balaban J connectivity index is 2.22. The van der Waals surface area contributed by atoms with Crippen molar-refractivity contribution in [3.8, 4) is 0 Å². The number of benzene rings is 1. The third kappa shape index (κ3) is 1.34. The highest BCUT2D eigenvalue weighted by atomic mass is 19.1. The smallest absolute Gasteiger partial charge is 0.340 e. The van der Waals surface area contributed by atoms with Crippen LogP contribution in [-0.2, 0) is 15.1 Å². The lowest BCUT2D eigenvalue weighted by Gasteiger charge is -2.22. The van der Waals surface area contributed by atoms with Crippen LogP contribution in [0.15, 0.2) is 42.5 Å². The van der Waals surface area contributed by atoms with E-state index in [0.717, 1.165) is 0 Å². The zero-order valence-electron chi connectivity index (χ0n) is 8.64. The molecule has 0 aromatic heterocycles. The molecule has 3 nitrogen and oxygen atoms in total. The van der Waals surface area contributed by atoms with Crippen molar-refractivity contribution in [1.82, 2.24) is 0 Å². The predicted molar refractivity (Wildman–Crippen MR) is 56.8 cm³/mol. The molecule has 1 spiro atoms. The number of ether oxygens (including phenoxy) is 1. The van der Waals surface area contributed by atoms with Gasteiger partial charge in [-0.25, -0.2) is 9.18 Å². The molecule has 17 heavy (non-hydrogen) atoms. The lowest BCUT2D eigenvalue weighted by Crippen LogP contribution is -2.23. The summed E-state index contributed by atoms with van der Waals surface area (Å²) in [6.07, 6.45) is 5.57. The maximum absolute atomic E-state index is 13.2. The first-order valence-corrected chi connectivity index (χ1v) is 5.06. The van der Waals surface area contributed by atoms with Crippen LogP contribution in [0, 0.1) is 5.82 Å². The number of fused-ring (bicyclic) bond motifs is 2. The molecule has 4 heteroatoms. The number of hydrogen-bond acceptors (Lipinski definition) is 3. The Morgan fingerprint density at radius 1 is 1.12 bits per heavy atom. The molecule has 84 valence electrons. The quantitative estimate of drug-likeness (QED) is 0.639. The monoisotopic (exact) mass is 230 g/mol. The summed E-state index contributed by atoms with van der Waals surface area (Å²) < 4.78 is 18.5. The van der Waals surface area contributed by atoms with E-state index in [4.69, 9.17) is 4.74 Å². The third-order valence-corrected chi connectivity index (χ3v) is 2.87. The van der Waals surface area contributed by atoms with Crippen molar-refractivity contribution in [2.45, 2.75) is 5.60 Å². The molecule has 0 bridgehead atoms. The molecule has 1 aliphatic heterocycles. The van der Waals surface area contributed by atoms with Crippen LogP contribution < -0.4 is 0 Å². The van der Waals surface area contributed by atoms with Gasteiger partial charge in [-0.05, 0) is 42.5 Å². The summed E-state index contributed by atoms with van der Waals surface area (Å²) in [4.78, 5) is 22.7. The molecule has 0 radical (unpaired) electrons. The second-order valence-electron chi connectivity index (χ2n) is 3.94. The van der Waals surface area contributed by atoms with Crippen LogP contribution >= 0.6 is 0 Å². The molecule has 1 aliphatic carbocycles. The second kappa shape index (κ2) is 3.13. The minimum absolute atomic E-state index is 0.184. The van der Waals surface area contributed by atoms with Crippen molar-refractivity contribution in [2.24, 2.45) is 0 Å². The van der Waals surface area contributed by atoms with Gasteiger partial charge < -0.3 is 4.74 Å². The number of allylic oxidation sites excluding steroid dienone is 2. The van der Waals surface area contributed by atoms with Crippen molar-refractivity contribution in [1.29, 1.82) is 0 Å². The van der Waals surface area contributed by atoms with Crippen LogP contribution in [-0.4, -0.2) is 11.8 Å². The highest BCUT2D eigenvalue weighted by Gasteiger charge is 2.43. The van der Waals surface area contributed by atoms with Gasteiger partial charge in [-0.1, -0.05) is 0 Å². The number of rotatable bonds is 0. The van der Waals surface area contributed by atoms with E-state index in [1.54, 1.807) is 0 Å². The molecule has 1 aromatic carbocycles. The molecule has 0 saturated heterocycles. The maximum Gasteiger partial charge on any atom is 0.340 e. The van der Waals surface area contributed by atoms with E-state index in [0.29, 0.717) is 11.1 Å². The zero-order valence-corrected chi connectivity index (χ0v) is 8.64. The maximum atomic E-state index is 13.2.